The molecule has 1 amide bonds. The fourth-order valence-corrected chi connectivity index (χ4v) is 3.93. The summed E-state index contributed by atoms with van der Waals surface area (Å²) in [6.07, 6.45) is -0.0171. The van der Waals surface area contributed by atoms with E-state index in [1.165, 1.54) is 11.8 Å². The zero-order valence-corrected chi connectivity index (χ0v) is 16.9. The second-order valence-corrected chi connectivity index (χ2v) is 8.13. The van der Waals surface area contributed by atoms with E-state index >= 15 is 0 Å². The molecule has 2 aromatic carbocycles. The number of hydrogen-bond acceptors (Lipinski definition) is 5. The predicted octanol–water partition coefficient (Wildman–Crippen LogP) is 3.46. The summed E-state index contributed by atoms with van der Waals surface area (Å²) in [4.78, 5) is 36.4. The number of nitrogens with zero attached hydrogens (tertiary/aromatic N) is 1. The largest absolute Gasteiger partial charge is 0.488 e. The Morgan fingerprint density at radius 2 is 1.72 bits per heavy atom. The molecule has 1 fully saturated rings. The average Bonchev–Trinajstić information content (AvgIpc) is 3.13. The van der Waals surface area contributed by atoms with Crippen LogP contribution in [0.3, 0.4) is 0 Å². The second-order valence-electron chi connectivity index (χ2n) is 6.86. The highest BCUT2D eigenvalue weighted by Crippen LogP contribution is 2.27. The number of carboxylic acids is 1. The number of ether oxygens (including phenoxy) is 1. The van der Waals surface area contributed by atoms with Gasteiger partial charge in [-0.25, -0.2) is 4.79 Å². The summed E-state index contributed by atoms with van der Waals surface area (Å²) in [5, 5.41) is 9.42. The number of carbonyl (C=O) groups is 3. The van der Waals surface area contributed by atoms with Crippen LogP contribution in [0.1, 0.15) is 19.8 Å². The minimum absolute atomic E-state index is 0.0610. The summed E-state index contributed by atoms with van der Waals surface area (Å²) >= 11 is 1.07. The number of benzene rings is 2. The van der Waals surface area contributed by atoms with Gasteiger partial charge < -0.3 is 14.7 Å². The van der Waals surface area contributed by atoms with Crippen molar-refractivity contribution >= 4 is 28.8 Å². The van der Waals surface area contributed by atoms with Gasteiger partial charge in [0, 0.05) is 25.5 Å². The Bertz CT molecular complexity index is 869. The topological polar surface area (TPSA) is 83.9 Å². The van der Waals surface area contributed by atoms with Gasteiger partial charge in [0.05, 0.1) is 6.54 Å². The van der Waals surface area contributed by atoms with E-state index in [9.17, 15) is 19.5 Å². The Morgan fingerprint density at radius 1 is 1.07 bits per heavy atom. The number of thioether (sulfide) groups is 1. The standard InChI is InChI=1S/C22H23NO5S/c1-15(24)29-12-11-21(25)23-14-19(13-20(23)22(26)27)28-18-9-7-17(8-10-18)16-5-3-2-4-6-16/h2-10,19-20H,11-14H2,1H3,(H,26,27)/t19-,20-/m0/s1. The summed E-state index contributed by atoms with van der Waals surface area (Å²) in [5.74, 6) is -0.316. The van der Waals surface area contributed by atoms with Gasteiger partial charge in [-0.1, -0.05) is 54.2 Å². The van der Waals surface area contributed by atoms with Crippen molar-refractivity contribution in [2.45, 2.75) is 31.9 Å². The summed E-state index contributed by atoms with van der Waals surface area (Å²) in [7, 11) is 0. The molecule has 1 aliphatic rings. The Balaban J connectivity index is 1.62. The first-order chi connectivity index (χ1) is 13.9. The van der Waals surface area contributed by atoms with E-state index in [1.807, 2.05) is 54.6 Å². The molecule has 0 aliphatic carbocycles. The third kappa shape index (κ3) is 5.60. The zero-order chi connectivity index (χ0) is 20.8. The van der Waals surface area contributed by atoms with Crippen molar-refractivity contribution in [3.8, 4) is 16.9 Å². The fraction of sp³-hybridized carbons (Fsp3) is 0.318. The molecule has 0 aromatic heterocycles. The summed E-state index contributed by atoms with van der Waals surface area (Å²) < 4.78 is 5.95. The molecule has 1 aliphatic heterocycles. The second kappa shape index (κ2) is 9.60. The average molecular weight is 413 g/mol. The maximum absolute atomic E-state index is 12.4. The van der Waals surface area contributed by atoms with Crippen LogP contribution in [0, 0.1) is 0 Å². The van der Waals surface area contributed by atoms with Gasteiger partial charge in [-0.3, -0.25) is 9.59 Å². The first kappa shape index (κ1) is 20.9. The van der Waals surface area contributed by atoms with E-state index in [0.717, 1.165) is 22.9 Å². The summed E-state index contributed by atoms with van der Waals surface area (Å²) in [6, 6.07) is 16.7. The lowest BCUT2D eigenvalue weighted by Crippen LogP contribution is -2.40. The van der Waals surface area contributed by atoms with E-state index in [1.54, 1.807) is 0 Å². The molecule has 0 spiro atoms. The molecule has 0 unspecified atom stereocenters. The molecule has 1 saturated heterocycles. The number of amides is 1. The Hall–Kier alpha value is -2.80. The molecular weight excluding hydrogens is 390 g/mol. The molecule has 0 radical (unpaired) electrons. The van der Waals surface area contributed by atoms with E-state index in [0.29, 0.717) is 11.5 Å². The quantitative estimate of drug-likeness (QED) is 0.748. The Labute approximate surface area is 173 Å². The van der Waals surface area contributed by atoms with Crippen molar-refractivity contribution in [3.63, 3.8) is 0 Å². The van der Waals surface area contributed by atoms with Crippen molar-refractivity contribution in [2.75, 3.05) is 12.3 Å². The van der Waals surface area contributed by atoms with E-state index in [-0.39, 0.29) is 36.5 Å². The number of aliphatic carboxylic acids is 1. The molecule has 6 nitrogen and oxygen atoms in total. The summed E-state index contributed by atoms with van der Waals surface area (Å²) in [5.41, 5.74) is 2.17. The van der Waals surface area contributed by atoms with Gasteiger partial charge in [-0.15, -0.1) is 0 Å². The number of hydrogen-bond donors (Lipinski definition) is 1. The van der Waals surface area contributed by atoms with Gasteiger partial charge >= 0.3 is 5.97 Å². The van der Waals surface area contributed by atoms with Crippen LogP contribution in [0.2, 0.25) is 0 Å². The predicted molar refractivity (Wildman–Crippen MR) is 112 cm³/mol. The third-order valence-corrected chi connectivity index (χ3v) is 5.57. The zero-order valence-electron chi connectivity index (χ0n) is 16.1. The van der Waals surface area contributed by atoms with Gasteiger partial charge in [0.1, 0.15) is 17.9 Å². The van der Waals surface area contributed by atoms with Gasteiger partial charge in [0.25, 0.3) is 0 Å². The highest BCUT2D eigenvalue weighted by Gasteiger charge is 2.40. The van der Waals surface area contributed by atoms with Crippen molar-refractivity contribution in [1.82, 2.24) is 4.90 Å². The molecular formula is C22H23NO5S. The monoisotopic (exact) mass is 413 g/mol. The maximum atomic E-state index is 12.4. The van der Waals surface area contributed by atoms with Crippen LogP contribution in [0.25, 0.3) is 11.1 Å². The molecule has 0 saturated carbocycles. The minimum Gasteiger partial charge on any atom is -0.488 e. The summed E-state index contributed by atoms with van der Waals surface area (Å²) in [6.45, 7) is 1.67. The molecule has 2 aromatic rings. The lowest BCUT2D eigenvalue weighted by atomic mass is 10.1. The molecule has 29 heavy (non-hydrogen) atoms. The minimum atomic E-state index is -1.04. The van der Waals surface area contributed by atoms with Crippen molar-refractivity contribution in [1.29, 1.82) is 0 Å². The first-order valence-electron chi connectivity index (χ1n) is 9.42. The molecule has 0 bridgehead atoms. The SMILES string of the molecule is CC(=O)SCCC(=O)N1C[C@@H](Oc2ccc(-c3ccccc3)cc2)C[C@H]1C(=O)O. The number of rotatable bonds is 7. The molecule has 2 atom stereocenters. The van der Waals surface area contributed by atoms with Crippen LogP contribution in [0.5, 0.6) is 5.75 Å². The van der Waals surface area contributed by atoms with Gasteiger partial charge in [0.15, 0.2) is 5.12 Å². The van der Waals surface area contributed by atoms with Crippen LogP contribution < -0.4 is 4.74 Å². The molecule has 152 valence electrons. The molecule has 1 N–H and O–H groups in total. The van der Waals surface area contributed by atoms with Crippen LogP contribution in [0.15, 0.2) is 54.6 Å². The lowest BCUT2D eigenvalue weighted by molar-refractivity contribution is -0.148. The molecule has 1 heterocycles. The normalized spacial score (nSPS) is 18.4. The van der Waals surface area contributed by atoms with Crippen molar-refractivity contribution in [2.24, 2.45) is 0 Å². The smallest absolute Gasteiger partial charge is 0.326 e. The van der Waals surface area contributed by atoms with Crippen LogP contribution in [-0.4, -0.2) is 51.4 Å². The number of carboxylic acid groups (broad SMARTS) is 1. The number of likely N-dealkylation sites (tertiary alicyclic amines) is 1. The Morgan fingerprint density at radius 3 is 2.34 bits per heavy atom. The van der Waals surface area contributed by atoms with Crippen LogP contribution in [-0.2, 0) is 14.4 Å². The molecule has 7 heteroatoms. The van der Waals surface area contributed by atoms with Crippen molar-refractivity contribution in [3.05, 3.63) is 54.6 Å². The van der Waals surface area contributed by atoms with Gasteiger partial charge in [-0.2, -0.15) is 0 Å². The Kier molecular flexibility index (Phi) is 6.93. The molecule has 3 rings (SSSR count). The van der Waals surface area contributed by atoms with Gasteiger partial charge in [-0.05, 0) is 23.3 Å². The third-order valence-electron chi connectivity index (χ3n) is 4.75. The highest BCUT2D eigenvalue weighted by atomic mass is 32.2. The maximum Gasteiger partial charge on any atom is 0.326 e. The number of carbonyl (C=O) groups excluding carboxylic acids is 2. The van der Waals surface area contributed by atoms with E-state index < -0.39 is 12.0 Å². The van der Waals surface area contributed by atoms with Gasteiger partial charge in [0.2, 0.25) is 5.91 Å². The lowest BCUT2D eigenvalue weighted by Gasteiger charge is -2.21. The van der Waals surface area contributed by atoms with Crippen LogP contribution >= 0.6 is 11.8 Å². The highest BCUT2D eigenvalue weighted by molar-refractivity contribution is 8.13. The van der Waals surface area contributed by atoms with E-state index in [2.05, 4.69) is 0 Å². The fourth-order valence-electron chi connectivity index (χ4n) is 3.37. The van der Waals surface area contributed by atoms with Crippen LogP contribution in [0.4, 0.5) is 0 Å². The van der Waals surface area contributed by atoms with Crippen molar-refractivity contribution < 1.29 is 24.2 Å². The first-order valence-corrected chi connectivity index (χ1v) is 10.4. The van der Waals surface area contributed by atoms with E-state index in [4.69, 9.17) is 4.74 Å².